The first-order valence-corrected chi connectivity index (χ1v) is 10.5. The molecule has 0 radical (unpaired) electrons. The molecule has 28 heavy (non-hydrogen) atoms. The molecular weight excluding hydrogens is 489 g/mol. The van der Waals surface area contributed by atoms with Gasteiger partial charge in [0.05, 0.1) is 6.54 Å². The molecule has 0 atom stereocenters. The molecule has 0 amide bonds. The molecule has 0 saturated carbocycles. The molecule has 2 saturated heterocycles. The summed E-state index contributed by atoms with van der Waals surface area (Å²) < 4.78 is 5.64. The van der Waals surface area contributed by atoms with Gasteiger partial charge in [0.2, 0.25) is 0 Å². The van der Waals surface area contributed by atoms with Crippen LogP contribution in [-0.4, -0.2) is 67.3 Å². The van der Waals surface area contributed by atoms with Crippen LogP contribution in [0.1, 0.15) is 38.2 Å². The zero-order valence-electron chi connectivity index (χ0n) is 16.8. The van der Waals surface area contributed by atoms with Crippen LogP contribution in [0.15, 0.2) is 23.3 Å². The molecule has 3 heterocycles. The summed E-state index contributed by atoms with van der Waals surface area (Å²) in [5.41, 5.74) is 1.33. The number of ether oxygens (including phenoxy) is 1. The average molecular weight is 522 g/mol. The average Bonchev–Trinajstić information content (AvgIpc) is 3.24. The molecule has 0 bridgehead atoms. The van der Waals surface area contributed by atoms with Gasteiger partial charge < -0.3 is 15.4 Å². The molecule has 0 unspecified atom stereocenters. The standard InChI is InChI=1S/C20H32ClN5O.HI/c1-2-22-19(23-10-7-17-5-6-18(21)24-15-17)25-16-20(8-13-27-14-9-20)26-11-3-4-12-26;/h5-6,15H,2-4,7-14,16H2,1H3,(H2,22,23,25);1H. The van der Waals surface area contributed by atoms with Crippen LogP contribution in [-0.2, 0) is 11.2 Å². The van der Waals surface area contributed by atoms with Crippen molar-refractivity contribution >= 4 is 41.5 Å². The van der Waals surface area contributed by atoms with E-state index in [1.54, 1.807) is 0 Å². The Kier molecular flexibility index (Phi) is 10.3. The first-order valence-electron chi connectivity index (χ1n) is 10.2. The molecule has 0 aliphatic carbocycles. The van der Waals surface area contributed by atoms with E-state index in [4.69, 9.17) is 21.3 Å². The highest BCUT2D eigenvalue weighted by Crippen LogP contribution is 2.31. The Morgan fingerprint density at radius 3 is 2.64 bits per heavy atom. The molecule has 1 aromatic rings. The number of hydrogen-bond acceptors (Lipinski definition) is 4. The van der Waals surface area contributed by atoms with Crippen LogP contribution in [0, 0.1) is 0 Å². The van der Waals surface area contributed by atoms with Crippen LogP contribution in [0.5, 0.6) is 0 Å². The molecule has 0 spiro atoms. The van der Waals surface area contributed by atoms with Crippen molar-refractivity contribution in [2.24, 2.45) is 4.99 Å². The number of hydrogen-bond donors (Lipinski definition) is 2. The lowest BCUT2D eigenvalue weighted by Crippen LogP contribution is -2.54. The summed E-state index contributed by atoms with van der Waals surface area (Å²) in [5.74, 6) is 0.893. The molecule has 3 rings (SSSR count). The van der Waals surface area contributed by atoms with Crippen LogP contribution in [0.25, 0.3) is 0 Å². The van der Waals surface area contributed by atoms with E-state index in [1.807, 2.05) is 18.3 Å². The molecule has 6 nitrogen and oxygen atoms in total. The van der Waals surface area contributed by atoms with Crippen molar-refractivity contribution in [2.45, 2.75) is 44.6 Å². The highest BCUT2D eigenvalue weighted by molar-refractivity contribution is 14.0. The number of aliphatic imine (C=N–C) groups is 1. The Balaban J connectivity index is 0.00000280. The Morgan fingerprint density at radius 1 is 1.25 bits per heavy atom. The summed E-state index contributed by atoms with van der Waals surface area (Å²) in [7, 11) is 0. The van der Waals surface area contributed by atoms with E-state index in [2.05, 4.69) is 27.4 Å². The molecule has 8 heteroatoms. The van der Waals surface area contributed by atoms with Gasteiger partial charge in [-0.25, -0.2) is 4.98 Å². The number of nitrogens with zero attached hydrogens (tertiary/aromatic N) is 3. The van der Waals surface area contributed by atoms with Gasteiger partial charge in [0.1, 0.15) is 5.15 Å². The lowest BCUT2D eigenvalue weighted by Gasteiger charge is -2.43. The minimum atomic E-state index is 0. The van der Waals surface area contributed by atoms with Gasteiger partial charge in [-0.15, -0.1) is 24.0 Å². The number of guanidine groups is 1. The number of nitrogens with one attached hydrogen (secondary N) is 2. The monoisotopic (exact) mass is 521 g/mol. The number of pyridine rings is 1. The first kappa shape index (κ1) is 23.6. The molecular formula is C20H33ClIN5O. The van der Waals surface area contributed by atoms with E-state index in [-0.39, 0.29) is 29.5 Å². The molecule has 0 aromatic carbocycles. The number of likely N-dealkylation sites (tertiary alicyclic amines) is 1. The van der Waals surface area contributed by atoms with Crippen molar-refractivity contribution < 1.29 is 4.74 Å². The number of halogens is 2. The predicted octanol–water partition coefficient (Wildman–Crippen LogP) is 3.10. The fourth-order valence-electron chi connectivity index (χ4n) is 3.96. The number of aromatic nitrogens is 1. The third-order valence-corrected chi connectivity index (χ3v) is 5.79. The largest absolute Gasteiger partial charge is 0.381 e. The second-order valence-electron chi connectivity index (χ2n) is 7.39. The lowest BCUT2D eigenvalue weighted by atomic mass is 9.88. The predicted molar refractivity (Wildman–Crippen MR) is 126 cm³/mol. The maximum absolute atomic E-state index is 5.85. The zero-order chi connectivity index (χ0) is 19.0. The van der Waals surface area contributed by atoms with E-state index in [0.717, 1.165) is 58.1 Å². The van der Waals surface area contributed by atoms with E-state index in [1.165, 1.54) is 31.5 Å². The van der Waals surface area contributed by atoms with Gasteiger partial charge in [-0.2, -0.15) is 0 Å². The molecule has 1 aromatic heterocycles. The summed E-state index contributed by atoms with van der Waals surface area (Å²) in [6.07, 6.45) is 7.48. The van der Waals surface area contributed by atoms with Crippen LogP contribution >= 0.6 is 35.6 Å². The highest BCUT2D eigenvalue weighted by atomic mass is 127. The van der Waals surface area contributed by atoms with Gasteiger partial charge in [-0.05, 0) is 63.7 Å². The van der Waals surface area contributed by atoms with Crippen molar-refractivity contribution in [3.05, 3.63) is 29.0 Å². The Labute approximate surface area is 190 Å². The second kappa shape index (κ2) is 12.1. The van der Waals surface area contributed by atoms with E-state index >= 15 is 0 Å². The SMILES string of the molecule is CCNC(=NCC1(N2CCCC2)CCOCC1)NCCc1ccc(Cl)nc1.I. The maximum Gasteiger partial charge on any atom is 0.191 e. The van der Waals surface area contributed by atoms with Crippen molar-refractivity contribution in [3.8, 4) is 0 Å². The highest BCUT2D eigenvalue weighted by Gasteiger charge is 2.39. The van der Waals surface area contributed by atoms with Crippen molar-refractivity contribution in [1.82, 2.24) is 20.5 Å². The van der Waals surface area contributed by atoms with Gasteiger partial charge >= 0.3 is 0 Å². The molecule has 2 aliphatic heterocycles. The zero-order valence-corrected chi connectivity index (χ0v) is 19.8. The first-order chi connectivity index (χ1) is 13.2. The van der Waals surface area contributed by atoms with E-state index in [9.17, 15) is 0 Å². The molecule has 2 fully saturated rings. The summed E-state index contributed by atoms with van der Waals surface area (Å²) in [4.78, 5) is 11.8. The third-order valence-electron chi connectivity index (χ3n) is 5.57. The van der Waals surface area contributed by atoms with E-state index < -0.39 is 0 Å². The topological polar surface area (TPSA) is 61.8 Å². The second-order valence-corrected chi connectivity index (χ2v) is 7.78. The summed E-state index contributed by atoms with van der Waals surface area (Å²) in [6.45, 7) is 8.69. The van der Waals surface area contributed by atoms with Crippen molar-refractivity contribution in [3.63, 3.8) is 0 Å². The third kappa shape index (κ3) is 6.71. The molecule has 2 aliphatic rings. The summed E-state index contributed by atoms with van der Waals surface area (Å²) in [5, 5.41) is 7.37. The van der Waals surface area contributed by atoms with Gasteiger partial charge in [0, 0.05) is 38.0 Å². The fourth-order valence-corrected chi connectivity index (χ4v) is 4.08. The molecule has 158 valence electrons. The minimum absolute atomic E-state index is 0. The molecule has 2 N–H and O–H groups in total. The van der Waals surface area contributed by atoms with Crippen molar-refractivity contribution in [1.29, 1.82) is 0 Å². The van der Waals surface area contributed by atoms with Gasteiger partial charge in [0.25, 0.3) is 0 Å². The van der Waals surface area contributed by atoms with Crippen molar-refractivity contribution in [2.75, 3.05) is 45.9 Å². The normalized spacial score (nSPS) is 19.9. The maximum atomic E-state index is 5.85. The smallest absolute Gasteiger partial charge is 0.191 e. The lowest BCUT2D eigenvalue weighted by molar-refractivity contribution is -0.0139. The van der Waals surface area contributed by atoms with Gasteiger partial charge in [0.15, 0.2) is 5.96 Å². The Bertz CT molecular complexity index is 601. The summed E-state index contributed by atoms with van der Waals surface area (Å²) >= 11 is 5.85. The van der Waals surface area contributed by atoms with Crippen LogP contribution in [0.4, 0.5) is 0 Å². The quantitative estimate of drug-likeness (QED) is 0.250. The van der Waals surface area contributed by atoms with Gasteiger partial charge in [-0.1, -0.05) is 17.7 Å². The Hall–Kier alpha value is -0.640. The Morgan fingerprint density at radius 2 is 2.00 bits per heavy atom. The van der Waals surface area contributed by atoms with Crippen LogP contribution in [0.2, 0.25) is 5.15 Å². The van der Waals surface area contributed by atoms with Crippen LogP contribution in [0.3, 0.4) is 0 Å². The fraction of sp³-hybridized carbons (Fsp3) is 0.700. The minimum Gasteiger partial charge on any atom is -0.381 e. The number of rotatable bonds is 7. The van der Waals surface area contributed by atoms with E-state index in [0.29, 0.717) is 5.15 Å². The summed E-state index contributed by atoms with van der Waals surface area (Å²) in [6, 6.07) is 3.85. The van der Waals surface area contributed by atoms with Crippen LogP contribution < -0.4 is 10.6 Å². The van der Waals surface area contributed by atoms with Gasteiger partial charge in [-0.3, -0.25) is 9.89 Å².